The van der Waals surface area contributed by atoms with Gasteiger partial charge in [-0.2, -0.15) is 0 Å². The van der Waals surface area contributed by atoms with Gasteiger partial charge in [0, 0.05) is 26.2 Å². The number of fused-ring (bicyclic) bond motifs is 1. The first kappa shape index (κ1) is 18.5. The minimum Gasteiger partial charge on any atom is -0.312 e. The Kier molecular flexibility index (Phi) is 4.80. The molecule has 26 heavy (non-hydrogen) atoms. The lowest BCUT2D eigenvalue weighted by Crippen LogP contribution is -2.34. The van der Waals surface area contributed by atoms with E-state index in [2.05, 4.69) is 0 Å². The summed E-state index contributed by atoms with van der Waals surface area (Å²) in [6, 6.07) is 10.7. The van der Waals surface area contributed by atoms with E-state index in [0.29, 0.717) is 12.2 Å². The number of hydrogen-bond acceptors (Lipinski definition) is 3. The number of benzene rings is 2. The third-order valence-electron chi connectivity index (χ3n) is 5.12. The molecule has 6 heteroatoms. The highest BCUT2D eigenvalue weighted by Crippen LogP contribution is 2.32. The summed E-state index contributed by atoms with van der Waals surface area (Å²) in [6.45, 7) is 6.10. The Labute approximate surface area is 155 Å². The van der Waals surface area contributed by atoms with Gasteiger partial charge in [0.1, 0.15) is 0 Å². The molecule has 1 aliphatic heterocycles. The fourth-order valence-electron chi connectivity index (χ4n) is 3.43. The molecule has 5 nitrogen and oxygen atoms in total. The first-order valence-electron chi connectivity index (χ1n) is 8.69. The number of nitrogens with zero attached hydrogens (tertiary/aromatic N) is 2. The first-order valence-corrected chi connectivity index (χ1v) is 10.1. The molecule has 0 aliphatic carbocycles. The lowest BCUT2D eigenvalue weighted by atomic mass is 10.0. The zero-order chi connectivity index (χ0) is 19.1. The van der Waals surface area contributed by atoms with Crippen molar-refractivity contribution in [1.29, 1.82) is 0 Å². The summed E-state index contributed by atoms with van der Waals surface area (Å²) < 4.78 is 27.6. The Balaban J connectivity index is 2.03. The van der Waals surface area contributed by atoms with Gasteiger partial charge < -0.3 is 4.90 Å². The number of hydrogen-bond donors (Lipinski definition) is 0. The van der Waals surface area contributed by atoms with Gasteiger partial charge in [0.15, 0.2) is 0 Å². The Morgan fingerprint density at radius 3 is 2.58 bits per heavy atom. The number of anilines is 2. The summed E-state index contributed by atoms with van der Waals surface area (Å²) in [5.74, 6) is -0.0194. The molecule has 0 bridgehead atoms. The van der Waals surface area contributed by atoms with Gasteiger partial charge in [-0.05, 0) is 67.6 Å². The van der Waals surface area contributed by atoms with Gasteiger partial charge in [0.25, 0.3) is 10.0 Å². The zero-order valence-corrected chi connectivity index (χ0v) is 16.4. The number of amides is 1. The van der Waals surface area contributed by atoms with Crippen LogP contribution in [0.5, 0.6) is 0 Å². The fourth-order valence-corrected chi connectivity index (χ4v) is 4.73. The molecule has 0 N–H and O–H groups in total. The van der Waals surface area contributed by atoms with Crippen LogP contribution in [-0.2, 0) is 21.2 Å². The maximum Gasteiger partial charge on any atom is 0.264 e. The lowest BCUT2D eigenvalue weighted by Gasteiger charge is -2.29. The second-order valence-corrected chi connectivity index (χ2v) is 8.73. The average Bonchev–Trinajstić information content (AvgIpc) is 2.62. The van der Waals surface area contributed by atoms with E-state index < -0.39 is 10.0 Å². The van der Waals surface area contributed by atoms with E-state index in [4.69, 9.17) is 0 Å². The smallest absolute Gasteiger partial charge is 0.264 e. The van der Waals surface area contributed by atoms with E-state index in [0.717, 1.165) is 35.2 Å². The average molecular weight is 372 g/mol. The highest BCUT2D eigenvalue weighted by Gasteiger charge is 2.26. The first-order chi connectivity index (χ1) is 12.2. The predicted octanol–water partition coefficient (Wildman–Crippen LogP) is 3.43. The largest absolute Gasteiger partial charge is 0.312 e. The normalized spacial score (nSPS) is 14.1. The third-order valence-corrected chi connectivity index (χ3v) is 6.89. The molecule has 1 amide bonds. The minimum atomic E-state index is -3.67. The molecule has 0 aromatic heterocycles. The van der Waals surface area contributed by atoms with E-state index in [1.807, 2.05) is 32.0 Å². The van der Waals surface area contributed by atoms with Crippen molar-refractivity contribution in [2.24, 2.45) is 0 Å². The molecule has 0 radical (unpaired) electrons. The van der Waals surface area contributed by atoms with Gasteiger partial charge in [-0.15, -0.1) is 0 Å². The molecule has 0 saturated heterocycles. The number of sulfonamides is 1. The molecule has 0 saturated carbocycles. The molecule has 1 aliphatic rings. The van der Waals surface area contributed by atoms with Crippen molar-refractivity contribution in [3.63, 3.8) is 0 Å². The second kappa shape index (κ2) is 6.76. The topological polar surface area (TPSA) is 57.7 Å². The number of carbonyl (C=O) groups is 1. The van der Waals surface area contributed by atoms with Gasteiger partial charge >= 0.3 is 0 Å². The summed E-state index contributed by atoms with van der Waals surface area (Å²) >= 11 is 0. The number of carbonyl (C=O) groups excluding carboxylic acids is 1. The highest BCUT2D eigenvalue weighted by molar-refractivity contribution is 7.92. The summed E-state index contributed by atoms with van der Waals surface area (Å²) in [5, 5.41) is 0. The standard InChI is InChI=1S/C20H24N2O3S/c1-14-7-5-9-19(15(14)2)21(4)26(24,25)18-10-11-20-17(13-18)8-6-12-22(20)16(3)23/h5,7,9-11,13H,6,8,12H2,1-4H3. The van der Waals surface area contributed by atoms with E-state index in [1.54, 1.807) is 30.1 Å². The van der Waals surface area contributed by atoms with Crippen LogP contribution in [-0.4, -0.2) is 27.9 Å². The maximum atomic E-state index is 13.1. The number of aryl methyl sites for hydroxylation is 2. The van der Waals surface area contributed by atoms with Crippen LogP contribution in [0.1, 0.15) is 30.0 Å². The van der Waals surface area contributed by atoms with Crippen LogP contribution < -0.4 is 9.21 Å². The molecule has 3 rings (SSSR count). The molecule has 2 aromatic carbocycles. The van der Waals surface area contributed by atoms with E-state index >= 15 is 0 Å². The monoisotopic (exact) mass is 372 g/mol. The van der Waals surface area contributed by atoms with E-state index in [9.17, 15) is 13.2 Å². The summed E-state index contributed by atoms with van der Waals surface area (Å²) in [7, 11) is -2.09. The van der Waals surface area contributed by atoms with Crippen molar-refractivity contribution >= 4 is 27.3 Å². The Morgan fingerprint density at radius 1 is 1.15 bits per heavy atom. The Hall–Kier alpha value is -2.34. The summed E-state index contributed by atoms with van der Waals surface area (Å²) in [5.41, 5.74) is 4.39. The molecule has 0 spiro atoms. The van der Waals surface area contributed by atoms with Gasteiger partial charge in [-0.3, -0.25) is 9.10 Å². The quantitative estimate of drug-likeness (QED) is 0.829. The third kappa shape index (κ3) is 3.09. The van der Waals surface area contributed by atoms with Crippen LogP contribution in [0, 0.1) is 13.8 Å². The van der Waals surface area contributed by atoms with Crippen molar-refractivity contribution in [1.82, 2.24) is 0 Å². The van der Waals surface area contributed by atoms with Crippen LogP contribution in [0.15, 0.2) is 41.3 Å². The fraction of sp³-hybridized carbons (Fsp3) is 0.350. The molecule has 2 aromatic rings. The van der Waals surface area contributed by atoms with Crippen LogP contribution in [0.25, 0.3) is 0 Å². The van der Waals surface area contributed by atoms with E-state index in [1.165, 1.54) is 11.2 Å². The van der Waals surface area contributed by atoms with Crippen LogP contribution in [0.3, 0.4) is 0 Å². The summed E-state index contributed by atoms with van der Waals surface area (Å²) in [4.78, 5) is 13.8. The molecular weight excluding hydrogens is 348 g/mol. The van der Waals surface area contributed by atoms with Crippen molar-refractivity contribution in [2.75, 3.05) is 22.8 Å². The van der Waals surface area contributed by atoms with Crippen molar-refractivity contribution in [2.45, 2.75) is 38.5 Å². The highest BCUT2D eigenvalue weighted by atomic mass is 32.2. The minimum absolute atomic E-state index is 0.0194. The van der Waals surface area contributed by atoms with E-state index in [-0.39, 0.29) is 10.8 Å². The Morgan fingerprint density at radius 2 is 1.88 bits per heavy atom. The van der Waals surface area contributed by atoms with Crippen molar-refractivity contribution in [3.8, 4) is 0 Å². The maximum absolute atomic E-state index is 13.1. The zero-order valence-electron chi connectivity index (χ0n) is 15.6. The van der Waals surface area contributed by atoms with Crippen molar-refractivity contribution in [3.05, 3.63) is 53.1 Å². The molecule has 138 valence electrons. The lowest BCUT2D eigenvalue weighted by molar-refractivity contribution is -0.116. The van der Waals surface area contributed by atoms with Crippen LogP contribution in [0.2, 0.25) is 0 Å². The van der Waals surface area contributed by atoms with Crippen LogP contribution >= 0.6 is 0 Å². The van der Waals surface area contributed by atoms with Gasteiger partial charge in [-0.1, -0.05) is 12.1 Å². The molecular formula is C20H24N2O3S. The number of rotatable bonds is 3. The van der Waals surface area contributed by atoms with Crippen molar-refractivity contribution < 1.29 is 13.2 Å². The van der Waals surface area contributed by atoms with Gasteiger partial charge in [0.2, 0.25) is 5.91 Å². The summed E-state index contributed by atoms with van der Waals surface area (Å²) in [6.07, 6.45) is 1.61. The van der Waals surface area contributed by atoms with Crippen LogP contribution in [0.4, 0.5) is 11.4 Å². The molecule has 0 atom stereocenters. The predicted molar refractivity (Wildman–Crippen MR) is 104 cm³/mol. The SMILES string of the molecule is CC(=O)N1CCCc2cc(S(=O)(=O)N(C)c3cccc(C)c3C)ccc21. The Bertz CT molecular complexity index is 967. The molecule has 1 heterocycles. The van der Waals surface area contributed by atoms with Gasteiger partial charge in [-0.25, -0.2) is 8.42 Å². The molecule has 0 fully saturated rings. The molecule has 0 unspecified atom stereocenters. The second-order valence-electron chi connectivity index (χ2n) is 6.76. The van der Waals surface area contributed by atoms with Gasteiger partial charge in [0.05, 0.1) is 10.6 Å².